The number of anilines is 1. The number of nitrogen functional groups attached to an aromatic ring is 1. The van der Waals surface area contributed by atoms with Gasteiger partial charge in [-0.05, 0) is 0 Å². The van der Waals surface area contributed by atoms with Crippen LogP contribution in [0.1, 0.15) is 11.5 Å². The van der Waals surface area contributed by atoms with Crippen molar-refractivity contribution < 1.29 is 5.11 Å². The third-order valence-electron chi connectivity index (χ3n) is 1.41. The van der Waals surface area contributed by atoms with E-state index >= 15 is 0 Å². The topological polar surface area (TPSA) is 124 Å². The summed E-state index contributed by atoms with van der Waals surface area (Å²) < 4.78 is 0. The molecule has 0 saturated carbocycles. The van der Waals surface area contributed by atoms with Crippen molar-refractivity contribution in [3.63, 3.8) is 0 Å². The van der Waals surface area contributed by atoms with E-state index in [0.29, 0.717) is 11.5 Å². The van der Waals surface area contributed by atoms with Crippen LogP contribution in [0, 0.1) is 0 Å². The second kappa shape index (κ2) is 3.33. The third-order valence-corrected chi connectivity index (χ3v) is 1.41. The quantitative estimate of drug-likeness (QED) is 0.435. The predicted octanol–water partition coefficient (Wildman–Crippen LogP) is -1.32. The Kier molecular flexibility index (Phi) is 2.41. The monoisotopic (exact) mass is 169 g/mol. The molecule has 1 aromatic heterocycles. The van der Waals surface area contributed by atoms with Crippen molar-refractivity contribution in [3.05, 3.63) is 11.5 Å². The lowest BCUT2D eigenvalue weighted by atomic mass is 10.3. The molecule has 1 heterocycles. The third kappa shape index (κ3) is 1.44. The summed E-state index contributed by atoms with van der Waals surface area (Å²) in [5.41, 5.74) is 16.3. The molecule has 1 rings (SSSR count). The van der Waals surface area contributed by atoms with Gasteiger partial charge in [0.15, 0.2) is 11.6 Å². The summed E-state index contributed by atoms with van der Waals surface area (Å²) in [5, 5.41) is 9.25. The van der Waals surface area contributed by atoms with Crippen molar-refractivity contribution in [1.82, 2.24) is 9.97 Å². The van der Waals surface area contributed by atoms with Gasteiger partial charge < -0.3 is 22.3 Å². The zero-order chi connectivity index (χ0) is 9.14. The highest BCUT2D eigenvalue weighted by atomic mass is 16.3. The minimum Gasteiger partial charge on any atom is -0.503 e. The number of rotatable bonds is 2. The Morgan fingerprint density at radius 2 is 1.83 bits per heavy atom. The molecule has 66 valence electrons. The predicted molar refractivity (Wildman–Crippen MR) is 43.9 cm³/mol. The van der Waals surface area contributed by atoms with E-state index in [0.717, 1.165) is 0 Å². The van der Waals surface area contributed by atoms with Crippen molar-refractivity contribution in [2.75, 3.05) is 5.73 Å². The molecule has 0 atom stereocenters. The average molecular weight is 169 g/mol. The van der Waals surface area contributed by atoms with Crippen LogP contribution in [-0.4, -0.2) is 15.1 Å². The van der Waals surface area contributed by atoms with Crippen LogP contribution in [0.15, 0.2) is 0 Å². The van der Waals surface area contributed by atoms with Gasteiger partial charge in [-0.3, -0.25) is 0 Å². The smallest absolute Gasteiger partial charge is 0.181 e. The minimum absolute atomic E-state index is 0.0194. The van der Waals surface area contributed by atoms with Crippen molar-refractivity contribution in [1.29, 1.82) is 0 Å². The van der Waals surface area contributed by atoms with Gasteiger partial charge in [0.05, 0.1) is 6.54 Å². The van der Waals surface area contributed by atoms with E-state index in [9.17, 15) is 5.11 Å². The van der Waals surface area contributed by atoms with Crippen molar-refractivity contribution in [2.45, 2.75) is 13.1 Å². The molecule has 0 aliphatic carbocycles. The Labute approximate surface area is 69.4 Å². The first-order chi connectivity index (χ1) is 5.69. The molecular formula is C6H11N5O. The highest BCUT2D eigenvalue weighted by Gasteiger charge is 2.08. The molecule has 0 aliphatic heterocycles. The summed E-state index contributed by atoms with van der Waals surface area (Å²) in [5.74, 6) is 0.242. The van der Waals surface area contributed by atoms with Gasteiger partial charge in [-0.2, -0.15) is 0 Å². The number of aromatic nitrogens is 2. The van der Waals surface area contributed by atoms with Crippen LogP contribution in [0.2, 0.25) is 0 Å². The molecule has 0 spiro atoms. The fourth-order valence-corrected chi connectivity index (χ4v) is 0.807. The Balaban J connectivity index is 3.19. The molecule has 6 heteroatoms. The number of nitrogens with two attached hydrogens (primary N) is 3. The summed E-state index contributed by atoms with van der Waals surface area (Å²) in [7, 11) is 0. The molecule has 7 N–H and O–H groups in total. The normalized spacial score (nSPS) is 10.2. The van der Waals surface area contributed by atoms with Gasteiger partial charge in [-0.25, -0.2) is 9.97 Å². The van der Waals surface area contributed by atoms with Crippen molar-refractivity contribution in [3.8, 4) is 5.75 Å². The molecule has 1 aromatic rings. The fourth-order valence-electron chi connectivity index (χ4n) is 0.807. The average Bonchev–Trinajstić information content (AvgIpc) is 2.09. The maximum Gasteiger partial charge on any atom is 0.181 e. The molecule has 0 radical (unpaired) electrons. The van der Waals surface area contributed by atoms with E-state index in [-0.39, 0.29) is 24.7 Å². The number of aromatic hydroxyl groups is 1. The highest BCUT2D eigenvalue weighted by Crippen LogP contribution is 2.20. The van der Waals surface area contributed by atoms with Crippen molar-refractivity contribution >= 4 is 5.82 Å². The number of hydrogen-bond donors (Lipinski definition) is 4. The largest absolute Gasteiger partial charge is 0.503 e. The van der Waals surface area contributed by atoms with E-state index in [2.05, 4.69) is 9.97 Å². The van der Waals surface area contributed by atoms with Crippen LogP contribution >= 0.6 is 0 Å². The first-order valence-electron chi connectivity index (χ1n) is 3.43. The molecule has 0 bridgehead atoms. The summed E-state index contributed by atoms with van der Waals surface area (Å²) in [6.07, 6.45) is 0. The summed E-state index contributed by atoms with van der Waals surface area (Å²) in [6, 6.07) is 0. The van der Waals surface area contributed by atoms with E-state index in [1.54, 1.807) is 0 Å². The maximum absolute atomic E-state index is 9.25. The van der Waals surface area contributed by atoms with Crippen LogP contribution in [0.4, 0.5) is 5.82 Å². The first kappa shape index (κ1) is 8.69. The molecule has 0 fully saturated rings. The van der Waals surface area contributed by atoms with E-state index in [4.69, 9.17) is 17.2 Å². The SMILES string of the molecule is NCc1nc(N)c(O)c(CN)n1. The molecule has 0 aliphatic rings. The van der Waals surface area contributed by atoms with Crippen LogP contribution in [-0.2, 0) is 13.1 Å². The van der Waals surface area contributed by atoms with Crippen LogP contribution < -0.4 is 17.2 Å². The first-order valence-corrected chi connectivity index (χ1v) is 3.43. The molecular weight excluding hydrogens is 158 g/mol. The van der Waals surface area contributed by atoms with E-state index < -0.39 is 0 Å². The maximum atomic E-state index is 9.25. The van der Waals surface area contributed by atoms with Crippen molar-refractivity contribution in [2.24, 2.45) is 11.5 Å². The van der Waals surface area contributed by atoms with Gasteiger partial charge in [0.1, 0.15) is 11.5 Å². The van der Waals surface area contributed by atoms with Crippen LogP contribution in [0.25, 0.3) is 0 Å². The van der Waals surface area contributed by atoms with Gasteiger partial charge in [0.2, 0.25) is 0 Å². The van der Waals surface area contributed by atoms with Gasteiger partial charge in [-0.1, -0.05) is 0 Å². The van der Waals surface area contributed by atoms with Crippen LogP contribution in [0.3, 0.4) is 0 Å². The molecule has 12 heavy (non-hydrogen) atoms. The zero-order valence-electron chi connectivity index (χ0n) is 6.49. The van der Waals surface area contributed by atoms with Gasteiger partial charge in [0, 0.05) is 6.54 Å². The standard InChI is InChI=1S/C6H11N5O/c7-1-3-5(12)6(9)11-4(2-8)10-3/h12H,1-2,7-8H2,(H2,9,10,11). The molecule has 0 aromatic carbocycles. The Hall–Kier alpha value is -1.40. The molecule has 0 amide bonds. The minimum atomic E-state index is -0.158. The van der Waals surface area contributed by atoms with Gasteiger partial charge >= 0.3 is 0 Å². The molecule has 6 nitrogen and oxygen atoms in total. The number of nitrogens with zero attached hydrogens (tertiary/aromatic N) is 2. The van der Waals surface area contributed by atoms with Gasteiger partial charge in [0.25, 0.3) is 0 Å². The second-order valence-electron chi connectivity index (χ2n) is 2.23. The summed E-state index contributed by atoms with van der Waals surface area (Å²) in [6.45, 7) is 0.295. The summed E-state index contributed by atoms with van der Waals surface area (Å²) >= 11 is 0. The van der Waals surface area contributed by atoms with Gasteiger partial charge in [-0.15, -0.1) is 0 Å². The molecule has 0 unspecified atom stereocenters. The second-order valence-corrected chi connectivity index (χ2v) is 2.23. The van der Waals surface area contributed by atoms with E-state index in [1.165, 1.54) is 0 Å². The lowest BCUT2D eigenvalue weighted by Gasteiger charge is -2.04. The number of hydrogen-bond acceptors (Lipinski definition) is 6. The Bertz CT molecular complexity index is 288. The van der Waals surface area contributed by atoms with E-state index in [1.807, 2.05) is 0 Å². The van der Waals surface area contributed by atoms with Crippen LogP contribution in [0.5, 0.6) is 5.75 Å². The molecule has 0 saturated heterocycles. The fraction of sp³-hybridized carbons (Fsp3) is 0.333. The highest BCUT2D eigenvalue weighted by molar-refractivity contribution is 5.47. The lowest BCUT2D eigenvalue weighted by Crippen LogP contribution is -2.10. The lowest BCUT2D eigenvalue weighted by molar-refractivity contribution is 0.463. The Morgan fingerprint density at radius 1 is 1.17 bits per heavy atom. The summed E-state index contributed by atoms with van der Waals surface area (Å²) in [4.78, 5) is 7.61. The Morgan fingerprint density at radius 3 is 2.33 bits per heavy atom. The zero-order valence-corrected chi connectivity index (χ0v) is 6.49.